The van der Waals surface area contributed by atoms with E-state index in [1.54, 1.807) is 0 Å². The van der Waals surface area contributed by atoms with Gasteiger partial charge in [0.2, 0.25) is 0 Å². The Morgan fingerprint density at radius 1 is 1.04 bits per heavy atom. The molecular weight excluding hydrogens is 300 g/mol. The number of benzene rings is 1. The molecule has 0 saturated heterocycles. The number of rotatable bonds is 10. The van der Waals surface area contributed by atoms with E-state index < -0.39 is 5.97 Å². The maximum absolute atomic E-state index is 10.6. The van der Waals surface area contributed by atoms with Crippen LogP contribution in [0.3, 0.4) is 0 Å². The van der Waals surface area contributed by atoms with E-state index in [-0.39, 0.29) is 17.3 Å². The second kappa shape index (κ2) is 8.55. The van der Waals surface area contributed by atoms with Crippen molar-refractivity contribution in [2.45, 2.75) is 84.5 Å². The molecule has 0 saturated carbocycles. The highest BCUT2D eigenvalue weighted by Crippen LogP contribution is 2.38. The summed E-state index contributed by atoms with van der Waals surface area (Å²) in [6.45, 7) is 14.0. The Hall–Kier alpha value is -1.51. The predicted molar refractivity (Wildman–Crippen MR) is 100 cm³/mol. The quantitative estimate of drug-likeness (QED) is 0.559. The molecule has 3 nitrogen and oxygen atoms in total. The first kappa shape index (κ1) is 20.5. The fourth-order valence-corrected chi connectivity index (χ4v) is 2.56. The standard InChI is InChI=1S/C21H34O3/c1-7-20(3,4)16-12-13-18(17(15-16)21(5,6)8-2)24-14-10-9-11-19(22)23/h12-13,15H,7-11,14H2,1-6H3,(H,22,23). The number of carboxylic acids is 1. The van der Waals surface area contributed by atoms with Crippen LogP contribution in [0.2, 0.25) is 0 Å². The number of carboxylic acid groups (broad SMARTS) is 1. The molecular formula is C21H34O3. The molecule has 0 aliphatic heterocycles. The summed E-state index contributed by atoms with van der Waals surface area (Å²) in [5.41, 5.74) is 2.80. The molecule has 0 amide bonds. The van der Waals surface area contributed by atoms with Gasteiger partial charge in [-0.3, -0.25) is 4.79 Å². The smallest absolute Gasteiger partial charge is 0.303 e. The minimum absolute atomic E-state index is 0.0518. The molecule has 1 aromatic carbocycles. The molecule has 0 bridgehead atoms. The fourth-order valence-electron chi connectivity index (χ4n) is 2.56. The first-order valence-electron chi connectivity index (χ1n) is 9.13. The largest absolute Gasteiger partial charge is 0.493 e. The molecule has 0 fully saturated rings. The summed E-state index contributed by atoms with van der Waals surface area (Å²) >= 11 is 0. The van der Waals surface area contributed by atoms with Crippen LogP contribution >= 0.6 is 0 Å². The zero-order valence-electron chi connectivity index (χ0n) is 16.2. The van der Waals surface area contributed by atoms with Crippen LogP contribution in [-0.4, -0.2) is 17.7 Å². The van der Waals surface area contributed by atoms with Crippen molar-refractivity contribution in [3.8, 4) is 5.75 Å². The van der Waals surface area contributed by atoms with Crippen LogP contribution in [0.4, 0.5) is 0 Å². The van der Waals surface area contributed by atoms with Gasteiger partial charge in [-0.15, -0.1) is 0 Å². The zero-order valence-corrected chi connectivity index (χ0v) is 16.2. The van der Waals surface area contributed by atoms with E-state index in [0.29, 0.717) is 13.0 Å². The molecule has 24 heavy (non-hydrogen) atoms. The second-order valence-corrected chi connectivity index (χ2v) is 7.89. The molecule has 0 unspecified atom stereocenters. The lowest BCUT2D eigenvalue weighted by molar-refractivity contribution is -0.137. The summed E-state index contributed by atoms with van der Waals surface area (Å²) in [6.07, 6.45) is 3.76. The van der Waals surface area contributed by atoms with Crippen LogP contribution < -0.4 is 4.74 Å². The lowest BCUT2D eigenvalue weighted by Crippen LogP contribution is -2.21. The number of carbonyl (C=O) groups is 1. The highest BCUT2D eigenvalue weighted by molar-refractivity contribution is 5.66. The Labute approximate surface area is 147 Å². The van der Waals surface area contributed by atoms with E-state index >= 15 is 0 Å². The van der Waals surface area contributed by atoms with E-state index in [9.17, 15) is 4.79 Å². The van der Waals surface area contributed by atoms with E-state index in [1.807, 2.05) is 0 Å². The van der Waals surface area contributed by atoms with Crippen molar-refractivity contribution in [1.29, 1.82) is 0 Å². The molecule has 3 heteroatoms. The summed E-state index contributed by atoms with van der Waals surface area (Å²) in [5, 5.41) is 8.70. The normalized spacial score (nSPS) is 12.2. The molecule has 0 spiro atoms. The molecule has 0 radical (unpaired) electrons. The van der Waals surface area contributed by atoms with Crippen molar-refractivity contribution >= 4 is 5.97 Å². The molecule has 136 valence electrons. The number of ether oxygens (including phenoxy) is 1. The zero-order chi connectivity index (χ0) is 18.4. The van der Waals surface area contributed by atoms with Gasteiger partial charge in [0.15, 0.2) is 0 Å². The molecule has 0 heterocycles. The monoisotopic (exact) mass is 334 g/mol. The third-order valence-corrected chi connectivity index (χ3v) is 5.30. The average molecular weight is 335 g/mol. The van der Waals surface area contributed by atoms with Gasteiger partial charge >= 0.3 is 5.97 Å². The Morgan fingerprint density at radius 2 is 1.67 bits per heavy atom. The van der Waals surface area contributed by atoms with Crippen LogP contribution in [0, 0.1) is 0 Å². The summed E-state index contributed by atoms with van der Waals surface area (Å²) < 4.78 is 6.02. The molecule has 0 atom stereocenters. The summed E-state index contributed by atoms with van der Waals surface area (Å²) in [5.74, 6) is 0.196. The molecule has 1 rings (SSSR count). The van der Waals surface area contributed by atoms with Gasteiger partial charge in [0, 0.05) is 12.0 Å². The molecule has 0 aromatic heterocycles. The predicted octanol–water partition coefficient (Wildman–Crippen LogP) is 5.70. The SMILES string of the molecule is CCC(C)(C)c1ccc(OCCCCC(=O)O)c(C(C)(C)CC)c1. The number of hydrogen-bond acceptors (Lipinski definition) is 2. The summed E-state index contributed by atoms with van der Waals surface area (Å²) in [4.78, 5) is 10.6. The van der Waals surface area contributed by atoms with Crippen molar-refractivity contribution in [1.82, 2.24) is 0 Å². The van der Waals surface area contributed by atoms with Crippen molar-refractivity contribution in [2.24, 2.45) is 0 Å². The van der Waals surface area contributed by atoms with E-state index in [0.717, 1.165) is 25.0 Å². The van der Waals surface area contributed by atoms with Gasteiger partial charge in [0.05, 0.1) is 6.61 Å². The van der Waals surface area contributed by atoms with Crippen LogP contribution in [0.1, 0.15) is 84.8 Å². The second-order valence-electron chi connectivity index (χ2n) is 7.89. The lowest BCUT2D eigenvalue weighted by Gasteiger charge is -2.30. The molecule has 0 aliphatic carbocycles. The summed E-state index contributed by atoms with van der Waals surface area (Å²) in [6, 6.07) is 6.57. The fraction of sp³-hybridized carbons (Fsp3) is 0.667. The third kappa shape index (κ3) is 5.54. The van der Waals surface area contributed by atoms with Crippen molar-refractivity contribution in [3.05, 3.63) is 29.3 Å². The Bertz CT molecular complexity index is 544. The maximum Gasteiger partial charge on any atom is 0.303 e. The molecule has 0 aliphatic rings. The van der Waals surface area contributed by atoms with E-state index in [1.165, 1.54) is 11.1 Å². The number of aliphatic carboxylic acids is 1. The van der Waals surface area contributed by atoms with Gasteiger partial charge in [-0.25, -0.2) is 0 Å². The first-order chi connectivity index (χ1) is 11.1. The van der Waals surface area contributed by atoms with Crippen molar-refractivity contribution in [3.63, 3.8) is 0 Å². The lowest BCUT2D eigenvalue weighted by atomic mass is 9.76. The number of hydrogen-bond donors (Lipinski definition) is 1. The van der Waals surface area contributed by atoms with Crippen LogP contribution in [0.25, 0.3) is 0 Å². The molecule has 1 N–H and O–H groups in total. The van der Waals surface area contributed by atoms with Gasteiger partial charge in [-0.1, -0.05) is 53.7 Å². The van der Waals surface area contributed by atoms with Gasteiger partial charge in [-0.05, 0) is 48.1 Å². The minimum atomic E-state index is -0.742. The van der Waals surface area contributed by atoms with Crippen molar-refractivity contribution in [2.75, 3.05) is 6.61 Å². The molecule has 1 aromatic rings. The van der Waals surface area contributed by atoms with Crippen molar-refractivity contribution < 1.29 is 14.6 Å². The minimum Gasteiger partial charge on any atom is -0.493 e. The van der Waals surface area contributed by atoms with Gasteiger partial charge in [-0.2, -0.15) is 0 Å². The van der Waals surface area contributed by atoms with Crippen LogP contribution in [0.15, 0.2) is 18.2 Å². The maximum atomic E-state index is 10.6. The topological polar surface area (TPSA) is 46.5 Å². The average Bonchev–Trinajstić information content (AvgIpc) is 2.54. The van der Waals surface area contributed by atoms with E-state index in [2.05, 4.69) is 59.7 Å². The Balaban J connectivity index is 2.96. The Morgan fingerprint density at radius 3 is 2.21 bits per heavy atom. The van der Waals surface area contributed by atoms with Crippen LogP contribution in [0.5, 0.6) is 5.75 Å². The van der Waals surface area contributed by atoms with Gasteiger partial charge < -0.3 is 9.84 Å². The van der Waals surface area contributed by atoms with Gasteiger partial charge in [0.25, 0.3) is 0 Å². The Kier molecular flexibility index (Phi) is 7.31. The number of unbranched alkanes of at least 4 members (excludes halogenated alkanes) is 1. The van der Waals surface area contributed by atoms with Gasteiger partial charge in [0.1, 0.15) is 5.75 Å². The first-order valence-corrected chi connectivity index (χ1v) is 9.13. The van der Waals surface area contributed by atoms with Crippen LogP contribution in [-0.2, 0) is 15.6 Å². The summed E-state index contributed by atoms with van der Waals surface area (Å²) in [7, 11) is 0. The third-order valence-electron chi connectivity index (χ3n) is 5.30. The van der Waals surface area contributed by atoms with E-state index in [4.69, 9.17) is 9.84 Å². The highest BCUT2D eigenvalue weighted by Gasteiger charge is 2.26. The highest BCUT2D eigenvalue weighted by atomic mass is 16.5.